The second kappa shape index (κ2) is 9.70. The zero-order chi connectivity index (χ0) is 25.7. The first-order chi connectivity index (χ1) is 17.9. The van der Waals surface area contributed by atoms with Gasteiger partial charge in [-0.05, 0) is 77.8 Å². The Labute approximate surface area is 230 Å². The van der Waals surface area contributed by atoms with E-state index < -0.39 is 0 Å². The topological polar surface area (TPSA) is 0 Å². The van der Waals surface area contributed by atoms with E-state index in [-0.39, 0.29) is 5.92 Å². The highest BCUT2D eigenvalue weighted by Gasteiger charge is 2.21. The fourth-order valence-corrected chi connectivity index (χ4v) is 7.50. The molecule has 0 aliphatic heterocycles. The van der Waals surface area contributed by atoms with Crippen LogP contribution < -0.4 is 5.46 Å². The number of thiophene rings is 1. The average Bonchev–Trinajstić information content (AvgIpc) is 3.30. The smallest absolute Gasteiger partial charge is 0.141 e. The Balaban J connectivity index is 1.48. The van der Waals surface area contributed by atoms with Crippen LogP contribution in [-0.2, 0) is 0 Å². The van der Waals surface area contributed by atoms with Gasteiger partial charge in [-0.1, -0.05) is 90.8 Å². The van der Waals surface area contributed by atoms with Crippen molar-refractivity contribution in [3.05, 3.63) is 113 Å². The highest BCUT2D eigenvalue weighted by atomic mass is 32.1. The number of allylic oxidation sites excluding steroid dienone is 4. The normalized spacial score (nSPS) is 14.3. The van der Waals surface area contributed by atoms with Crippen molar-refractivity contribution in [1.29, 1.82) is 0 Å². The zero-order valence-corrected chi connectivity index (χ0v) is 23.6. The van der Waals surface area contributed by atoms with Gasteiger partial charge in [0.2, 0.25) is 0 Å². The van der Waals surface area contributed by atoms with Gasteiger partial charge in [0.25, 0.3) is 0 Å². The summed E-state index contributed by atoms with van der Waals surface area (Å²) in [5.41, 5.74) is 12.3. The summed E-state index contributed by atoms with van der Waals surface area (Å²) < 4.78 is 2.78. The SMILES string of the molecule is Bc1c(C)c(C)c(C2=CC=CCC2)c2c1sc1cc(C(C)c3ccc(-c4ccccc4)cc3)c(S)cc12. The second-order valence-corrected chi connectivity index (χ2v) is 11.9. The fourth-order valence-electron chi connectivity index (χ4n) is 5.82. The molecule has 37 heavy (non-hydrogen) atoms. The molecule has 1 aliphatic carbocycles. The Kier molecular flexibility index (Phi) is 6.38. The van der Waals surface area contributed by atoms with E-state index in [4.69, 9.17) is 12.6 Å². The summed E-state index contributed by atoms with van der Waals surface area (Å²) >= 11 is 7.00. The van der Waals surface area contributed by atoms with Crippen molar-refractivity contribution in [3.63, 3.8) is 0 Å². The van der Waals surface area contributed by atoms with Crippen molar-refractivity contribution >= 4 is 63.0 Å². The minimum absolute atomic E-state index is 0.266. The van der Waals surface area contributed by atoms with Crippen LogP contribution in [-0.4, -0.2) is 7.85 Å². The maximum Gasteiger partial charge on any atom is 0.141 e. The second-order valence-electron chi connectivity index (χ2n) is 10.3. The largest absolute Gasteiger partial charge is 0.143 e. The third-order valence-electron chi connectivity index (χ3n) is 8.25. The lowest BCUT2D eigenvalue weighted by Gasteiger charge is -2.19. The molecule has 182 valence electrons. The Hall–Kier alpha value is -3.01. The first-order valence-electron chi connectivity index (χ1n) is 13.1. The average molecular weight is 515 g/mol. The molecule has 1 atom stereocenters. The molecule has 0 N–H and O–H groups in total. The Bertz CT molecular complexity index is 1700. The van der Waals surface area contributed by atoms with Crippen LogP contribution in [0.2, 0.25) is 0 Å². The first-order valence-corrected chi connectivity index (χ1v) is 14.4. The van der Waals surface area contributed by atoms with E-state index in [1.165, 1.54) is 70.2 Å². The molecule has 0 radical (unpaired) electrons. The first kappa shape index (κ1) is 24.3. The third kappa shape index (κ3) is 4.19. The number of hydrogen-bond acceptors (Lipinski definition) is 2. The van der Waals surface area contributed by atoms with Crippen molar-refractivity contribution in [2.45, 2.75) is 44.4 Å². The molecule has 0 spiro atoms. The van der Waals surface area contributed by atoms with Crippen LogP contribution in [0.4, 0.5) is 0 Å². The van der Waals surface area contributed by atoms with Gasteiger partial charge in [-0.3, -0.25) is 0 Å². The van der Waals surface area contributed by atoms with E-state index in [1.54, 1.807) is 0 Å². The number of rotatable bonds is 4. The third-order valence-corrected chi connectivity index (χ3v) is 9.91. The van der Waals surface area contributed by atoms with Crippen molar-refractivity contribution in [2.75, 3.05) is 0 Å². The molecule has 3 heteroatoms. The number of benzene rings is 4. The molecule has 0 fully saturated rings. The van der Waals surface area contributed by atoms with Crippen LogP contribution in [0.1, 0.15) is 53.5 Å². The predicted octanol–water partition coefficient (Wildman–Crippen LogP) is 8.77. The van der Waals surface area contributed by atoms with E-state index in [9.17, 15) is 0 Å². The molecule has 1 aliphatic rings. The molecule has 0 nitrogen and oxygen atoms in total. The van der Waals surface area contributed by atoms with Gasteiger partial charge in [0.15, 0.2) is 0 Å². The molecule has 0 amide bonds. The van der Waals surface area contributed by atoms with Crippen LogP contribution in [0.3, 0.4) is 0 Å². The van der Waals surface area contributed by atoms with Gasteiger partial charge in [0.05, 0.1) is 0 Å². The van der Waals surface area contributed by atoms with E-state index >= 15 is 0 Å². The van der Waals surface area contributed by atoms with Crippen LogP contribution >= 0.6 is 24.0 Å². The number of thiol groups is 1. The lowest BCUT2D eigenvalue weighted by atomic mass is 9.81. The van der Waals surface area contributed by atoms with Gasteiger partial charge in [0, 0.05) is 31.0 Å². The molecule has 0 saturated heterocycles. The summed E-state index contributed by atoms with van der Waals surface area (Å²) in [6, 6.07) is 24.3. The van der Waals surface area contributed by atoms with Gasteiger partial charge in [0.1, 0.15) is 7.85 Å². The fraction of sp³-hybridized carbons (Fsp3) is 0.176. The van der Waals surface area contributed by atoms with Gasteiger partial charge >= 0.3 is 0 Å². The van der Waals surface area contributed by atoms with E-state index in [0.717, 1.165) is 17.7 Å². The van der Waals surface area contributed by atoms with Gasteiger partial charge in [-0.15, -0.1) is 24.0 Å². The summed E-state index contributed by atoms with van der Waals surface area (Å²) in [6.07, 6.45) is 9.04. The lowest BCUT2D eigenvalue weighted by Crippen LogP contribution is -2.12. The molecule has 0 bridgehead atoms. The van der Waals surface area contributed by atoms with Crippen molar-refractivity contribution in [1.82, 2.24) is 0 Å². The molecule has 5 aromatic rings. The Morgan fingerprint density at radius 1 is 0.919 bits per heavy atom. The standard InChI is InChI=1S/C34H31BS2/c1-20-21(2)33(35)34-32(31(20)26-12-8-5-9-13-26)28-18-29(36)27(19-30(28)37-34)22(3)23-14-16-25(17-15-23)24-10-6-4-7-11-24/h4-8,10-12,14-19,22,36H,9,13,35H2,1-3H3. The molecule has 1 unspecified atom stereocenters. The molecule has 0 saturated carbocycles. The van der Waals surface area contributed by atoms with Crippen molar-refractivity contribution in [2.24, 2.45) is 0 Å². The lowest BCUT2D eigenvalue weighted by molar-refractivity contribution is 0.899. The minimum Gasteiger partial charge on any atom is -0.143 e. The summed E-state index contributed by atoms with van der Waals surface area (Å²) in [4.78, 5) is 1.08. The summed E-state index contributed by atoms with van der Waals surface area (Å²) in [6.45, 7) is 6.89. The summed E-state index contributed by atoms with van der Waals surface area (Å²) in [7, 11) is 2.29. The van der Waals surface area contributed by atoms with Crippen molar-refractivity contribution < 1.29 is 0 Å². The molecule has 6 rings (SSSR count). The predicted molar refractivity (Wildman–Crippen MR) is 170 cm³/mol. The van der Waals surface area contributed by atoms with Crippen LogP contribution in [0.5, 0.6) is 0 Å². The molecular formula is C34H31BS2. The van der Waals surface area contributed by atoms with Gasteiger partial charge < -0.3 is 0 Å². The van der Waals surface area contributed by atoms with Crippen molar-refractivity contribution in [3.8, 4) is 11.1 Å². The monoisotopic (exact) mass is 514 g/mol. The van der Waals surface area contributed by atoms with Crippen LogP contribution in [0.25, 0.3) is 36.9 Å². The quantitative estimate of drug-likeness (QED) is 0.180. The summed E-state index contributed by atoms with van der Waals surface area (Å²) in [5, 5.41) is 2.76. The Morgan fingerprint density at radius 2 is 1.65 bits per heavy atom. The van der Waals surface area contributed by atoms with Crippen LogP contribution in [0, 0.1) is 13.8 Å². The summed E-state index contributed by atoms with van der Waals surface area (Å²) in [5.74, 6) is 0.266. The number of hydrogen-bond donors (Lipinski definition) is 1. The van der Waals surface area contributed by atoms with Gasteiger partial charge in [-0.25, -0.2) is 0 Å². The molecule has 1 aromatic heterocycles. The molecular weight excluding hydrogens is 483 g/mol. The van der Waals surface area contributed by atoms with Crippen LogP contribution in [0.15, 0.2) is 89.9 Å². The Morgan fingerprint density at radius 3 is 2.35 bits per heavy atom. The maximum atomic E-state index is 5.05. The van der Waals surface area contributed by atoms with Gasteiger partial charge in [-0.2, -0.15) is 0 Å². The molecule has 1 heterocycles. The number of fused-ring (bicyclic) bond motifs is 3. The highest BCUT2D eigenvalue weighted by Crippen LogP contribution is 2.44. The van der Waals surface area contributed by atoms with E-state index in [2.05, 4.69) is 114 Å². The molecule has 4 aromatic carbocycles. The minimum atomic E-state index is 0.266. The van der Waals surface area contributed by atoms with E-state index in [1.807, 2.05) is 11.3 Å². The zero-order valence-electron chi connectivity index (χ0n) is 21.9. The van der Waals surface area contributed by atoms with E-state index in [0.29, 0.717) is 0 Å². The highest BCUT2D eigenvalue weighted by molar-refractivity contribution is 7.80. The maximum absolute atomic E-state index is 5.05.